The molecule has 0 radical (unpaired) electrons. The van der Waals surface area contributed by atoms with Crippen LogP contribution in [0.15, 0.2) is 17.5 Å². The Balaban J connectivity index is 1.98. The summed E-state index contributed by atoms with van der Waals surface area (Å²) in [4.78, 5) is 1.16. The van der Waals surface area contributed by atoms with Crippen LogP contribution in [0.4, 0.5) is 0 Å². The predicted octanol–water partition coefficient (Wildman–Crippen LogP) is 1.56. The van der Waals surface area contributed by atoms with Crippen LogP contribution in [0, 0.1) is 5.92 Å². The molecular weight excluding hydrogens is 308 g/mol. The van der Waals surface area contributed by atoms with Crippen molar-refractivity contribution in [2.75, 3.05) is 26.2 Å². The fraction of sp³-hybridized carbons (Fsp3) is 0.714. The maximum atomic E-state index is 12.4. The first-order valence-corrected chi connectivity index (χ1v) is 9.57. The molecule has 1 saturated heterocycles. The predicted molar refractivity (Wildman–Crippen MR) is 85.7 cm³/mol. The summed E-state index contributed by atoms with van der Waals surface area (Å²) >= 11 is 1.64. The van der Waals surface area contributed by atoms with Gasteiger partial charge in [-0.05, 0) is 30.2 Å². The lowest BCUT2D eigenvalue weighted by Crippen LogP contribution is -2.49. The van der Waals surface area contributed by atoms with Gasteiger partial charge in [-0.15, -0.1) is 11.3 Å². The highest BCUT2D eigenvalue weighted by Gasteiger charge is 2.31. The minimum atomic E-state index is -3.47. The Morgan fingerprint density at radius 1 is 1.52 bits per heavy atom. The molecular formula is C14H24N2O3S2. The molecule has 1 aliphatic heterocycles. The van der Waals surface area contributed by atoms with Gasteiger partial charge in [0.15, 0.2) is 0 Å². The SMILES string of the molecule is CC(C)(CNS(=O)(=O)N1CCCC(CO)C1)c1cccs1. The molecule has 1 unspecified atom stereocenters. The van der Waals surface area contributed by atoms with Gasteiger partial charge in [0, 0.05) is 36.5 Å². The van der Waals surface area contributed by atoms with Crippen LogP contribution in [0.1, 0.15) is 31.6 Å². The van der Waals surface area contributed by atoms with E-state index < -0.39 is 10.2 Å². The number of aliphatic hydroxyl groups excluding tert-OH is 1. The van der Waals surface area contributed by atoms with E-state index in [0.29, 0.717) is 19.6 Å². The number of nitrogens with zero attached hydrogens (tertiary/aromatic N) is 1. The van der Waals surface area contributed by atoms with Gasteiger partial charge in [-0.25, -0.2) is 4.72 Å². The van der Waals surface area contributed by atoms with Gasteiger partial charge in [0.2, 0.25) is 0 Å². The van der Waals surface area contributed by atoms with Crippen molar-refractivity contribution in [1.29, 1.82) is 0 Å². The lowest BCUT2D eigenvalue weighted by atomic mass is 9.92. The second-order valence-electron chi connectivity index (χ2n) is 6.24. The largest absolute Gasteiger partial charge is 0.396 e. The normalized spacial score (nSPS) is 21.6. The molecule has 0 bridgehead atoms. The van der Waals surface area contributed by atoms with Crippen molar-refractivity contribution in [1.82, 2.24) is 9.03 Å². The molecule has 0 aliphatic carbocycles. The topological polar surface area (TPSA) is 69.6 Å². The van der Waals surface area contributed by atoms with Gasteiger partial charge < -0.3 is 5.11 Å². The van der Waals surface area contributed by atoms with Crippen LogP contribution in [0.2, 0.25) is 0 Å². The first-order chi connectivity index (χ1) is 9.85. The molecule has 2 rings (SSSR count). The lowest BCUT2D eigenvalue weighted by Gasteiger charge is -2.32. The lowest BCUT2D eigenvalue weighted by molar-refractivity contribution is 0.164. The van der Waals surface area contributed by atoms with Gasteiger partial charge in [-0.3, -0.25) is 0 Å². The van der Waals surface area contributed by atoms with Crippen LogP contribution >= 0.6 is 11.3 Å². The molecule has 0 saturated carbocycles. The first-order valence-electron chi connectivity index (χ1n) is 7.25. The minimum Gasteiger partial charge on any atom is -0.396 e. The number of aliphatic hydroxyl groups is 1. The number of piperidine rings is 1. The van der Waals surface area contributed by atoms with Gasteiger partial charge in [-0.1, -0.05) is 19.9 Å². The van der Waals surface area contributed by atoms with Crippen molar-refractivity contribution in [2.24, 2.45) is 5.92 Å². The first kappa shape index (κ1) is 16.9. The van der Waals surface area contributed by atoms with Gasteiger partial charge >= 0.3 is 0 Å². The third-order valence-corrected chi connectivity index (χ3v) is 6.72. The maximum absolute atomic E-state index is 12.4. The highest BCUT2D eigenvalue weighted by Crippen LogP contribution is 2.27. The van der Waals surface area contributed by atoms with E-state index in [1.807, 2.05) is 31.4 Å². The minimum absolute atomic E-state index is 0.0483. The van der Waals surface area contributed by atoms with Crippen molar-refractivity contribution in [3.05, 3.63) is 22.4 Å². The van der Waals surface area contributed by atoms with Crippen molar-refractivity contribution in [2.45, 2.75) is 32.1 Å². The monoisotopic (exact) mass is 332 g/mol. The molecule has 0 spiro atoms. The van der Waals surface area contributed by atoms with Crippen LogP contribution in [0.3, 0.4) is 0 Å². The summed E-state index contributed by atoms with van der Waals surface area (Å²) < 4.78 is 29.0. The van der Waals surface area contributed by atoms with Crippen LogP contribution in [-0.4, -0.2) is 44.1 Å². The molecule has 0 amide bonds. The Kier molecular flexibility index (Phi) is 5.43. The third-order valence-electron chi connectivity index (χ3n) is 3.96. The molecule has 1 aromatic rings. The van der Waals surface area contributed by atoms with Crippen molar-refractivity contribution in [3.63, 3.8) is 0 Å². The van der Waals surface area contributed by atoms with Crippen LogP contribution in [0.25, 0.3) is 0 Å². The summed E-state index contributed by atoms with van der Waals surface area (Å²) in [7, 11) is -3.47. The summed E-state index contributed by atoms with van der Waals surface area (Å²) in [6.45, 7) is 5.43. The van der Waals surface area contributed by atoms with Gasteiger partial charge in [0.05, 0.1) is 0 Å². The Hall–Kier alpha value is -0.470. The molecule has 120 valence electrons. The highest BCUT2D eigenvalue weighted by atomic mass is 32.2. The number of hydrogen-bond acceptors (Lipinski definition) is 4. The fourth-order valence-corrected chi connectivity index (χ4v) is 4.86. The molecule has 0 aromatic carbocycles. The quantitative estimate of drug-likeness (QED) is 0.831. The Morgan fingerprint density at radius 2 is 2.29 bits per heavy atom. The summed E-state index contributed by atoms with van der Waals surface area (Å²) in [5, 5.41) is 11.2. The average molecular weight is 332 g/mol. The van der Waals surface area contributed by atoms with Gasteiger partial charge in [-0.2, -0.15) is 12.7 Å². The highest BCUT2D eigenvalue weighted by molar-refractivity contribution is 7.87. The molecule has 7 heteroatoms. The van der Waals surface area contributed by atoms with E-state index in [4.69, 9.17) is 0 Å². The molecule has 1 fully saturated rings. The van der Waals surface area contributed by atoms with E-state index in [1.165, 1.54) is 4.31 Å². The Labute approximate surface area is 131 Å². The maximum Gasteiger partial charge on any atom is 0.279 e. The van der Waals surface area contributed by atoms with Crippen molar-refractivity contribution < 1.29 is 13.5 Å². The Morgan fingerprint density at radius 3 is 2.90 bits per heavy atom. The van der Waals surface area contributed by atoms with Crippen LogP contribution in [0.5, 0.6) is 0 Å². The number of thiophene rings is 1. The zero-order valence-corrected chi connectivity index (χ0v) is 14.2. The molecule has 2 heterocycles. The molecule has 21 heavy (non-hydrogen) atoms. The Bertz CT molecular complexity index is 541. The van der Waals surface area contributed by atoms with Crippen LogP contribution < -0.4 is 4.72 Å². The second kappa shape index (κ2) is 6.75. The molecule has 5 nitrogen and oxygen atoms in total. The molecule has 1 aromatic heterocycles. The smallest absolute Gasteiger partial charge is 0.279 e. The average Bonchev–Trinajstić information content (AvgIpc) is 3.01. The van der Waals surface area contributed by atoms with E-state index >= 15 is 0 Å². The summed E-state index contributed by atoms with van der Waals surface area (Å²) in [5.41, 5.74) is -0.229. The zero-order valence-electron chi connectivity index (χ0n) is 12.6. The van der Waals surface area contributed by atoms with Crippen molar-refractivity contribution in [3.8, 4) is 0 Å². The van der Waals surface area contributed by atoms with E-state index in [9.17, 15) is 13.5 Å². The van der Waals surface area contributed by atoms with E-state index in [0.717, 1.165) is 17.7 Å². The van der Waals surface area contributed by atoms with Crippen LogP contribution in [-0.2, 0) is 15.6 Å². The summed E-state index contributed by atoms with van der Waals surface area (Å²) in [5.74, 6) is 0.0561. The van der Waals surface area contributed by atoms with Crippen molar-refractivity contribution >= 4 is 21.5 Å². The van der Waals surface area contributed by atoms with Gasteiger partial charge in [0.1, 0.15) is 0 Å². The standard InChI is InChI=1S/C14H24N2O3S2/c1-14(2,13-6-4-8-20-13)11-15-21(18,19)16-7-3-5-12(9-16)10-17/h4,6,8,12,15,17H,3,5,7,9-11H2,1-2H3. The third kappa shape index (κ3) is 4.26. The zero-order chi connectivity index (χ0) is 15.5. The summed E-state index contributed by atoms with van der Waals surface area (Å²) in [6, 6.07) is 4.01. The number of rotatable bonds is 6. The van der Waals surface area contributed by atoms with E-state index in [1.54, 1.807) is 11.3 Å². The summed E-state index contributed by atoms with van der Waals surface area (Å²) in [6.07, 6.45) is 1.70. The fourth-order valence-electron chi connectivity index (χ4n) is 2.51. The molecule has 2 N–H and O–H groups in total. The van der Waals surface area contributed by atoms with Gasteiger partial charge in [0.25, 0.3) is 10.2 Å². The molecule has 1 atom stereocenters. The second-order valence-corrected chi connectivity index (χ2v) is 8.94. The number of hydrogen-bond donors (Lipinski definition) is 2. The van der Waals surface area contributed by atoms with E-state index in [2.05, 4.69) is 4.72 Å². The van der Waals surface area contributed by atoms with E-state index in [-0.39, 0.29) is 17.9 Å². The molecule has 1 aliphatic rings. The number of nitrogens with one attached hydrogen (secondary N) is 1.